The molecule has 6 heteroatoms. The Hall–Kier alpha value is -1.62. The third kappa shape index (κ3) is 4.03. The Morgan fingerprint density at radius 1 is 1.35 bits per heavy atom. The minimum Gasteiger partial charge on any atom is -0.481 e. The lowest BCUT2D eigenvalue weighted by atomic mass is 10.1. The molecule has 0 aliphatic heterocycles. The lowest BCUT2D eigenvalue weighted by Gasteiger charge is -2.11. The van der Waals surface area contributed by atoms with Gasteiger partial charge in [-0.2, -0.15) is 0 Å². The molecule has 0 aliphatic carbocycles. The summed E-state index contributed by atoms with van der Waals surface area (Å²) >= 11 is 5.42. The van der Waals surface area contributed by atoms with Gasteiger partial charge in [0, 0.05) is 11.6 Å². The summed E-state index contributed by atoms with van der Waals surface area (Å²) in [6.45, 7) is 0. The van der Waals surface area contributed by atoms with Gasteiger partial charge in [0.2, 0.25) is 5.91 Å². The second-order valence-corrected chi connectivity index (χ2v) is 3.74. The molecular formula is C11H11ClFNO3. The molecular weight excluding hydrogens is 249 g/mol. The standard InChI is InChI=1S/C11H11ClFNO3/c12-6-5-9(11(16)17)10(15)14-8-3-1-7(13)2-4-8/h1-4,9H,5-6H2,(H,14,15)(H,16,17). The number of benzene rings is 1. The molecule has 0 spiro atoms. The first-order valence-corrected chi connectivity index (χ1v) is 5.43. The molecule has 0 aliphatic rings. The van der Waals surface area contributed by atoms with Gasteiger partial charge in [0.15, 0.2) is 0 Å². The van der Waals surface area contributed by atoms with Crippen molar-refractivity contribution in [1.29, 1.82) is 0 Å². The Morgan fingerprint density at radius 3 is 2.41 bits per heavy atom. The van der Waals surface area contributed by atoms with Gasteiger partial charge < -0.3 is 10.4 Å². The number of hydrogen-bond acceptors (Lipinski definition) is 2. The number of carboxylic acid groups (broad SMARTS) is 1. The zero-order valence-corrected chi connectivity index (χ0v) is 9.58. The minimum atomic E-state index is -1.23. The van der Waals surface area contributed by atoms with Crippen LogP contribution in [0.5, 0.6) is 0 Å². The van der Waals surface area contributed by atoms with Crippen LogP contribution in [0.15, 0.2) is 24.3 Å². The Morgan fingerprint density at radius 2 is 1.94 bits per heavy atom. The maximum atomic E-state index is 12.6. The SMILES string of the molecule is O=C(O)C(CCCl)C(=O)Nc1ccc(F)cc1. The van der Waals surface area contributed by atoms with E-state index < -0.39 is 23.6 Å². The van der Waals surface area contributed by atoms with E-state index in [0.29, 0.717) is 5.69 Å². The number of carbonyl (C=O) groups is 2. The summed E-state index contributed by atoms with van der Waals surface area (Å²) in [6, 6.07) is 5.06. The Kier molecular flexibility index (Phi) is 4.90. The largest absolute Gasteiger partial charge is 0.481 e. The fraction of sp³-hybridized carbons (Fsp3) is 0.273. The normalized spacial score (nSPS) is 11.9. The molecule has 0 radical (unpaired) electrons. The maximum Gasteiger partial charge on any atom is 0.316 e. The predicted molar refractivity (Wildman–Crippen MR) is 61.5 cm³/mol. The van der Waals surface area contributed by atoms with Crippen LogP contribution in [0.1, 0.15) is 6.42 Å². The topological polar surface area (TPSA) is 66.4 Å². The molecule has 0 saturated carbocycles. The van der Waals surface area contributed by atoms with E-state index in [-0.39, 0.29) is 12.3 Å². The van der Waals surface area contributed by atoms with Gasteiger partial charge >= 0.3 is 5.97 Å². The maximum absolute atomic E-state index is 12.6. The average molecular weight is 260 g/mol. The molecule has 92 valence electrons. The fourth-order valence-electron chi connectivity index (χ4n) is 1.24. The smallest absolute Gasteiger partial charge is 0.316 e. The Bertz CT molecular complexity index is 408. The van der Waals surface area contributed by atoms with E-state index in [1.807, 2.05) is 0 Å². The predicted octanol–water partition coefficient (Wildman–Crippen LogP) is 2.09. The van der Waals surface area contributed by atoms with E-state index in [2.05, 4.69) is 5.32 Å². The van der Waals surface area contributed by atoms with E-state index in [0.717, 1.165) is 0 Å². The quantitative estimate of drug-likeness (QED) is 0.629. The van der Waals surface area contributed by atoms with Gasteiger partial charge in [-0.15, -0.1) is 11.6 Å². The molecule has 17 heavy (non-hydrogen) atoms. The lowest BCUT2D eigenvalue weighted by molar-refractivity contribution is -0.145. The molecule has 2 N–H and O–H groups in total. The van der Waals surface area contributed by atoms with Crippen molar-refractivity contribution in [2.75, 3.05) is 11.2 Å². The first-order chi connectivity index (χ1) is 8.04. The molecule has 0 heterocycles. The van der Waals surface area contributed by atoms with Crippen molar-refractivity contribution in [3.05, 3.63) is 30.1 Å². The van der Waals surface area contributed by atoms with Crippen molar-refractivity contribution < 1.29 is 19.1 Å². The molecule has 1 rings (SSSR count). The van der Waals surface area contributed by atoms with E-state index in [4.69, 9.17) is 16.7 Å². The van der Waals surface area contributed by atoms with Gasteiger partial charge in [-0.1, -0.05) is 0 Å². The van der Waals surface area contributed by atoms with Crippen LogP contribution in [-0.4, -0.2) is 22.9 Å². The Balaban J connectivity index is 2.69. The number of halogens is 2. The summed E-state index contributed by atoms with van der Waals surface area (Å²) in [6.07, 6.45) is 0.0456. The molecule has 0 bridgehead atoms. The Labute approximate surface area is 102 Å². The van der Waals surface area contributed by atoms with E-state index in [1.165, 1.54) is 24.3 Å². The van der Waals surface area contributed by atoms with Crippen molar-refractivity contribution in [1.82, 2.24) is 0 Å². The number of anilines is 1. The highest BCUT2D eigenvalue weighted by atomic mass is 35.5. The summed E-state index contributed by atoms with van der Waals surface area (Å²) in [5.41, 5.74) is 0.345. The van der Waals surface area contributed by atoms with Crippen molar-refractivity contribution in [3.8, 4) is 0 Å². The summed E-state index contributed by atoms with van der Waals surface area (Å²) < 4.78 is 12.6. The molecule has 1 atom stereocenters. The van der Waals surface area contributed by atoms with Crippen LogP contribution in [-0.2, 0) is 9.59 Å². The van der Waals surface area contributed by atoms with Crippen LogP contribution in [0, 0.1) is 11.7 Å². The van der Waals surface area contributed by atoms with Crippen LogP contribution < -0.4 is 5.32 Å². The van der Waals surface area contributed by atoms with Crippen molar-refractivity contribution in [3.63, 3.8) is 0 Å². The molecule has 1 amide bonds. The molecule has 0 saturated heterocycles. The number of rotatable bonds is 5. The van der Waals surface area contributed by atoms with E-state index >= 15 is 0 Å². The number of nitrogens with one attached hydrogen (secondary N) is 1. The number of carboxylic acids is 1. The molecule has 1 aromatic rings. The number of hydrogen-bond donors (Lipinski definition) is 2. The van der Waals surface area contributed by atoms with Crippen LogP contribution in [0.3, 0.4) is 0 Å². The summed E-state index contributed by atoms with van der Waals surface area (Å²) in [4.78, 5) is 22.4. The van der Waals surface area contributed by atoms with Gasteiger partial charge in [-0.05, 0) is 30.7 Å². The number of aliphatic carboxylic acids is 1. The van der Waals surface area contributed by atoms with Crippen LogP contribution in [0.25, 0.3) is 0 Å². The summed E-state index contributed by atoms with van der Waals surface area (Å²) in [7, 11) is 0. The zero-order valence-electron chi connectivity index (χ0n) is 8.82. The average Bonchev–Trinajstić information content (AvgIpc) is 2.28. The van der Waals surface area contributed by atoms with Crippen LogP contribution in [0.4, 0.5) is 10.1 Å². The number of alkyl halides is 1. The molecule has 1 aromatic carbocycles. The lowest BCUT2D eigenvalue weighted by Crippen LogP contribution is -2.29. The third-order valence-corrected chi connectivity index (χ3v) is 2.34. The van der Waals surface area contributed by atoms with Crippen molar-refractivity contribution >= 4 is 29.2 Å². The highest BCUT2D eigenvalue weighted by molar-refractivity contribution is 6.18. The monoisotopic (exact) mass is 259 g/mol. The van der Waals surface area contributed by atoms with Gasteiger partial charge in [0.05, 0.1) is 0 Å². The summed E-state index contributed by atoms with van der Waals surface area (Å²) in [5, 5.41) is 11.2. The third-order valence-electron chi connectivity index (χ3n) is 2.12. The highest BCUT2D eigenvalue weighted by Crippen LogP contribution is 2.12. The highest BCUT2D eigenvalue weighted by Gasteiger charge is 2.25. The van der Waals surface area contributed by atoms with Gasteiger partial charge in [-0.25, -0.2) is 4.39 Å². The van der Waals surface area contributed by atoms with Crippen molar-refractivity contribution in [2.45, 2.75) is 6.42 Å². The van der Waals surface area contributed by atoms with Gasteiger partial charge in [0.1, 0.15) is 11.7 Å². The minimum absolute atomic E-state index is 0.0456. The number of amides is 1. The van der Waals surface area contributed by atoms with E-state index in [9.17, 15) is 14.0 Å². The van der Waals surface area contributed by atoms with Gasteiger partial charge in [-0.3, -0.25) is 9.59 Å². The molecule has 0 aromatic heterocycles. The van der Waals surface area contributed by atoms with Crippen LogP contribution >= 0.6 is 11.6 Å². The zero-order chi connectivity index (χ0) is 12.8. The molecule has 1 unspecified atom stereocenters. The first-order valence-electron chi connectivity index (χ1n) is 4.90. The van der Waals surface area contributed by atoms with Gasteiger partial charge in [0.25, 0.3) is 0 Å². The fourth-order valence-corrected chi connectivity index (χ4v) is 1.46. The van der Waals surface area contributed by atoms with Crippen molar-refractivity contribution in [2.24, 2.45) is 5.92 Å². The molecule has 4 nitrogen and oxygen atoms in total. The first kappa shape index (κ1) is 13.4. The summed E-state index contributed by atoms with van der Waals surface area (Å²) in [5.74, 6) is -3.44. The number of carbonyl (C=O) groups excluding carboxylic acids is 1. The van der Waals surface area contributed by atoms with Crippen LogP contribution in [0.2, 0.25) is 0 Å². The second kappa shape index (κ2) is 6.20. The second-order valence-electron chi connectivity index (χ2n) is 3.36. The molecule has 0 fully saturated rings. The van der Waals surface area contributed by atoms with E-state index in [1.54, 1.807) is 0 Å².